The summed E-state index contributed by atoms with van der Waals surface area (Å²) >= 11 is 0. The number of amides is 10. The molecule has 10 amide bonds. The number of ether oxygens (including phenoxy) is 2. The van der Waals surface area contributed by atoms with Crippen LogP contribution in [-0.2, 0) is 73.4 Å². The average Bonchev–Trinajstić information content (AvgIpc) is 3.97. The number of nitrogens with one attached hydrogen (secondary N) is 10. The van der Waals surface area contributed by atoms with Crippen molar-refractivity contribution >= 4 is 71.0 Å². The first-order valence-electron chi connectivity index (χ1n) is 28.5. The third-order valence-electron chi connectivity index (χ3n) is 12.8. The van der Waals surface area contributed by atoms with E-state index in [4.69, 9.17) is 26.0 Å². The standard InChI is InChI=1S/C53H91N13O17/c1-3-4-17-36(48(76)56-2)63-52(80)40(29-54)66-51(79)39(28-35-30-57-34-60-35)65-50(78)38(20-22-42(55)68)64-53(81)41(32-67)62-44(70)31-59-45(71)33-83-27-26-82-25-24-58-49(77)37(21-23-47(74)75)61-43(69)18-15-13-11-9-7-5-6-8-10-12-14-16-19-46(72)73/h30,34,36-41,67H,3-29,31-33,54H2,1-2H3,(H2,55,68)(H,56,76)(H,57,60)(H,58,77)(H,59,71)(H,61,69)(H,62,70)(H,63,80)(H,64,81)(H,65,78)(H,66,79)(H,72,73)(H,74,75)/t36-,37+,38+,39-,40-,41-/m0/s1. The first-order valence-corrected chi connectivity index (χ1v) is 28.5. The van der Waals surface area contributed by atoms with Crippen LogP contribution < -0.4 is 59.3 Å². The summed E-state index contributed by atoms with van der Waals surface area (Å²) in [4.78, 5) is 157. The average molecular weight is 1180 g/mol. The molecule has 1 rings (SSSR count). The molecule has 0 aliphatic rings. The number of aromatic amines is 1. The van der Waals surface area contributed by atoms with Crippen molar-refractivity contribution < 1.29 is 82.3 Å². The summed E-state index contributed by atoms with van der Waals surface area (Å²) in [6.07, 6.45) is 15.1. The van der Waals surface area contributed by atoms with Crippen molar-refractivity contribution in [3.63, 3.8) is 0 Å². The maximum atomic E-state index is 13.8. The fourth-order valence-electron chi connectivity index (χ4n) is 8.10. The lowest BCUT2D eigenvalue weighted by atomic mass is 10.0. The quantitative estimate of drug-likeness (QED) is 0.0305. The van der Waals surface area contributed by atoms with Crippen LogP contribution >= 0.6 is 0 Å². The summed E-state index contributed by atoms with van der Waals surface area (Å²) in [5.41, 5.74) is 11.5. The lowest BCUT2D eigenvalue weighted by molar-refractivity contribution is -0.138. The summed E-state index contributed by atoms with van der Waals surface area (Å²) in [6.45, 7) is -0.750. The molecule has 1 aromatic rings. The van der Waals surface area contributed by atoms with Gasteiger partial charge in [-0.1, -0.05) is 84.0 Å². The van der Waals surface area contributed by atoms with E-state index in [1.807, 2.05) is 6.92 Å². The maximum Gasteiger partial charge on any atom is 0.303 e. The van der Waals surface area contributed by atoms with Crippen LogP contribution in [-0.4, -0.2) is 192 Å². The number of carboxylic acids is 2. The minimum Gasteiger partial charge on any atom is -0.481 e. The molecular weight excluding hydrogens is 1090 g/mol. The van der Waals surface area contributed by atoms with Crippen LogP contribution in [0.3, 0.4) is 0 Å². The molecule has 17 N–H and O–H groups in total. The minimum atomic E-state index is -1.68. The van der Waals surface area contributed by atoms with Crippen molar-refractivity contribution in [2.75, 3.05) is 59.7 Å². The highest BCUT2D eigenvalue weighted by molar-refractivity contribution is 5.97. The van der Waals surface area contributed by atoms with Crippen LogP contribution in [0.15, 0.2) is 12.5 Å². The van der Waals surface area contributed by atoms with Gasteiger partial charge in [-0.25, -0.2) is 4.98 Å². The molecule has 0 unspecified atom stereocenters. The number of carboxylic acid groups (broad SMARTS) is 2. The van der Waals surface area contributed by atoms with Gasteiger partial charge in [0.25, 0.3) is 0 Å². The zero-order valence-corrected chi connectivity index (χ0v) is 48.0. The zero-order chi connectivity index (χ0) is 61.8. The van der Waals surface area contributed by atoms with Crippen molar-refractivity contribution in [2.24, 2.45) is 11.5 Å². The zero-order valence-electron chi connectivity index (χ0n) is 48.0. The van der Waals surface area contributed by atoms with Crippen LogP contribution in [0.25, 0.3) is 0 Å². The molecule has 0 saturated heterocycles. The van der Waals surface area contributed by atoms with E-state index in [-0.39, 0.29) is 64.4 Å². The SMILES string of the molecule is CCCC[C@H](NC(=O)[C@H](CN)NC(=O)[C@H](Cc1c[nH]cn1)NC(=O)[C@@H](CCC(N)=O)NC(=O)[C@H](CO)NC(=O)CNC(=O)COCCOCCNC(=O)[C@@H](CCC(=O)O)NC(=O)CCCCCCCCCCCCCCC(=O)O)C(=O)NC. The lowest BCUT2D eigenvalue weighted by Gasteiger charge is -2.26. The van der Waals surface area contributed by atoms with Gasteiger partial charge in [0.1, 0.15) is 42.9 Å². The number of carbonyl (C=O) groups excluding carboxylic acids is 10. The molecule has 0 aliphatic carbocycles. The molecule has 83 heavy (non-hydrogen) atoms. The van der Waals surface area contributed by atoms with Crippen LogP contribution in [0.5, 0.6) is 0 Å². The molecule has 0 radical (unpaired) electrons. The predicted octanol–water partition coefficient (Wildman–Crippen LogP) is -2.31. The fourth-order valence-corrected chi connectivity index (χ4v) is 8.10. The Kier molecular flexibility index (Phi) is 40.2. The Morgan fingerprint density at radius 2 is 1.05 bits per heavy atom. The second-order valence-electron chi connectivity index (χ2n) is 19.7. The van der Waals surface area contributed by atoms with Crippen LogP contribution in [0.2, 0.25) is 0 Å². The van der Waals surface area contributed by atoms with E-state index in [9.17, 15) is 67.7 Å². The molecule has 0 spiro atoms. The first-order chi connectivity index (χ1) is 39.7. The number of rotatable bonds is 50. The summed E-state index contributed by atoms with van der Waals surface area (Å²) in [6, 6.07) is -8.07. The highest BCUT2D eigenvalue weighted by Gasteiger charge is 2.33. The molecule has 0 fully saturated rings. The molecule has 30 heteroatoms. The predicted molar refractivity (Wildman–Crippen MR) is 299 cm³/mol. The van der Waals surface area contributed by atoms with Gasteiger partial charge >= 0.3 is 11.9 Å². The normalized spacial score (nSPS) is 13.1. The van der Waals surface area contributed by atoms with Gasteiger partial charge in [-0.3, -0.25) is 57.5 Å². The number of primary amides is 1. The van der Waals surface area contributed by atoms with Crippen LogP contribution in [0.1, 0.15) is 147 Å². The number of aliphatic hydroxyl groups is 1. The summed E-state index contributed by atoms with van der Waals surface area (Å²) in [7, 11) is 1.41. The molecule has 1 aromatic heterocycles. The molecule has 6 atom stereocenters. The Labute approximate surface area is 483 Å². The molecule has 1 heterocycles. The topological polar surface area (TPSA) is 473 Å². The Bertz CT molecular complexity index is 2150. The van der Waals surface area contributed by atoms with Crippen molar-refractivity contribution in [1.29, 1.82) is 0 Å². The fraction of sp³-hybridized carbons (Fsp3) is 0.717. The number of carbonyl (C=O) groups is 12. The number of H-pyrrole nitrogens is 1. The molecule has 0 aliphatic heterocycles. The Morgan fingerprint density at radius 1 is 0.542 bits per heavy atom. The van der Waals surface area contributed by atoms with Crippen molar-refractivity contribution in [3.05, 3.63) is 18.2 Å². The minimum absolute atomic E-state index is 0.00919. The third-order valence-corrected chi connectivity index (χ3v) is 12.8. The van der Waals surface area contributed by atoms with Gasteiger partial charge in [0.15, 0.2) is 0 Å². The van der Waals surface area contributed by atoms with E-state index in [1.165, 1.54) is 19.6 Å². The number of imidazole rings is 1. The number of nitrogens with zero attached hydrogens (tertiary/aromatic N) is 1. The van der Waals surface area contributed by atoms with Gasteiger partial charge in [0.05, 0.1) is 45.0 Å². The van der Waals surface area contributed by atoms with Crippen molar-refractivity contribution in [3.8, 4) is 0 Å². The van der Waals surface area contributed by atoms with E-state index >= 15 is 0 Å². The number of nitrogens with two attached hydrogens (primary N) is 2. The number of hydrogen-bond acceptors (Lipinski definition) is 17. The van der Waals surface area contributed by atoms with E-state index in [2.05, 4.69) is 57.8 Å². The number of aromatic nitrogens is 2. The van der Waals surface area contributed by atoms with Gasteiger partial charge in [-0.15, -0.1) is 0 Å². The summed E-state index contributed by atoms with van der Waals surface area (Å²) in [5, 5.41) is 49.9. The molecular formula is C53H91N13O17. The number of aliphatic hydroxyl groups excluding tert-OH is 1. The Hall–Kier alpha value is -7.31. The van der Waals surface area contributed by atoms with E-state index < -0.39 is 140 Å². The van der Waals surface area contributed by atoms with Gasteiger partial charge in [-0.05, 0) is 32.1 Å². The molecule has 470 valence electrons. The third kappa shape index (κ3) is 36.0. The Balaban J connectivity index is 2.59. The first kappa shape index (κ1) is 73.7. The van der Waals surface area contributed by atoms with Crippen molar-refractivity contribution in [2.45, 2.75) is 184 Å². The van der Waals surface area contributed by atoms with Crippen LogP contribution in [0.4, 0.5) is 0 Å². The summed E-state index contributed by atoms with van der Waals surface area (Å²) in [5.74, 6) is -9.60. The van der Waals surface area contributed by atoms with E-state index in [0.717, 1.165) is 77.0 Å². The van der Waals surface area contributed by atoms with Gasteiger partial charge in [0, 0.05) is 58.4 Å². The Morgan fingerprint density at radius 3 is 1.60 bits per heavy atom. The maximum absolute atomic E-state index is 13.8. The van der Waals surface area contributed by atoms with Gasteiger partial charge < -0.3 is 89.1 Å². The number of aliphatic carboxylic acids is 2. The highest BCUT2D eigenvalue weighted by Crippen LogP contribution is 2.14. The highest BCUT2D eigenvalue weighted by atomic mass is 16.5. The number of likely N-dealkylation sites (N-methyl/N-ethyl adjacent to an activating group) is 1. The number of unbranched alkanes of at least 4 members (excludes halogenated alkanes) is 12. The smallest absolute Gasteiger partial charge is 0.303 e. The summed E-state index contributed by atoms with van der Waals surface area (Å²) < 4.78 is 10.7. The largest absolute Gasteiger partial charge is 0.481 e. The second-order valence-corrected chi connectivity index (χ2v) is 19.7. The monoisotopic (exact) mass is 1180 g/mol. The molecule has 30 nitrogen and oxygen atoms in total. The lowest BCUT2D eigenvalue weighted by Crippen LogP contribution is -2.61. The molecule has 0 saturated carbocycles. The number of hydrogen-bond donors (Lipinski definition) is 15. The van der Waals surface area contributed by atoms with E-state index in [0.29, 0.717) is 25.0 Å². The van der Waals surface area contributed by atoms with Crippen molar-refractivity contribution in [1.82, 2.24) is 57.8 Å². The van der Waals surface area contributed by atoms with Gasteiger partial charge in [-0.2, -0.15) is 0 Å². The van der Waals surface area contributed by atoms with Gasteiger partial charge in [0.2, 0.25) is 59.1 Å². The second kappa shape index (κ2) is 45.2. The van der Waals surface area contributed by atoms with E-state index in [1.54, 1.807) is 0 Å². The molecule has 0 bridgehead atoms. The van der Waals surface area contributed by atoms with Crippen LogP contribution in [0, 0.1) is 0 Å². The molecule has 0 aromatic carbocycles.